The van der Waals surface area contributed by atoms with Gasteiger partial charge < -0.3 is 24.5 Å². The summed E-state index contributed by atoms with van der Waals surface area (Å²) in [5.74, 6) is 3.12. The number of hydrogen-bond acceptors (Lipinski definition) is 4. The second-order valence-corrected chi connectivity index (χ2v) is 5.80. The zero-order valence-electron chi connectivity index (χ0n) is 13.9. The van der Waals surface area contributed by atoms with Crippen LogP contribution in [-0.2, 0) is 6.42 Å². The summed E-state index contributed by atoms with van der Waals surface area (Å²) in [6, 6.07) is 9.22. The predicted octanol–water partition coefficient (Wildman–Crippen LogP) is 2.96. The number of nitrogens with one attached hydrogen (secondary N) is 2. The van der Waals surface area contributed by atoms with E-state index in [1.807, 2.05) is 44.2 Å². The van der Waals surface area contributed by atoms with Gasteiger partial charge in [-0.2, -0.15) is 0 Å². The number of benzene rings is 1. The molecule has 1 aliphatic rings. The maximum Gasteiger partial charge on any atom is 0.315 e. The number of carbonyl (C=O) groups excluding carboxylic acids is 1. The molecule has 0 saturated carbocycles. The van der Waals surface area contributed by atoms with E-state index in [0.717, 1.165) is 35.0 Å². The molecule has 24 heavy (non-hydrogen) atoms. The maximum atomic E-state index is 11.9. The summed E-state index contributed by atoms with van der Waals surface area (Å²) >= 11 is 0. The Morgan fingerprint density at radius 1 is 1.17 bits per heavy atom. The number of amides is 2. The van der Waals surface area contributed by atoms with Gasteiger partial charge in [0.2, 0.25) is 0 Å². The predicted molar refractivity (Wildman–Crippen MR) is 89.5 cm³/mol. The SMILES string of the molecule is Cc1ccc([C@@H](C)NC(=O)NCCc2ccc3c(c2)OCCO3)o1. The van der Waals surface area contributed by atoms with Crippen molar-refractivity contribution in [2.45, 2.75) is 26.3 Å². The average Bonchev–Trinajstić information content (AvgIpc) is 3.01. The van der Waals surface area contributed by atoms with Gasteiger partial charge in [-0.05, 0) is 50.1 Å². The van der Waals surface area contributed by atoms with E-state index in [1.165, 1.54) is 0 Å². The van der Waals surface area contributed by atoms with Crippen molar-refractivity contribution in [3.8, 4) is 11.5 Å². The molecule has 1 aromatic heterocycles. The van der Waals surface area contributed by atoms with E-state index in [4.69, 9.17) is 13.9 Å². The molecule has 2 heterocycles. The highest BCUT2D eigenvalue weighted by atomic mass is 16.6. The Kier molecular flexibility index (Phi) is 4.93. The Bertz CT molecular complexity index is 711. The molecule has 2 N–H and O–H groups in total. The first-order valence-electron chi connectivity index (χ1n) is 8.11. The number of hydrogen-bond donors (Lipinski definition) is 2. The zero-order chi connectivity index (χ0) is 16.9. The number of furan rings is 1. The van der Waals surface area contributed by atoms with E-state index in [0.29, 0.717) is 19.8 Å². The Labute approximate surface area is 141 Å². The summed E-state index contributed by atoms with van der Waals surface area (Å²) in [6.45, 7) is 5.46. The minimum Gasteiger partial charge on any atom is -0.486 e. The summed E-state index contributed by atoms with van der Waals surface area (Å²) < 4.78 is 16.6. The first kappa shape index (κ1) is 16.2. The van der Waals surface area contributed by atoms with Crippen molar-refractivity contribution in [2.75, 3.05) is 19.8 Å². The summed E-state index contributed by atoms with van der Waals surface area (Å²) in [7, 11) is 0. The number of rotatable bonds is 5. The van der Waals surface area contributed by atoms with Gasteiger partial charge in [-0.3, -0.25) is 0 Å². The minimum atomic E-state index is -0.214. The van der Waals surface area contributed by atoms with E-state index in [9.17, 15) is 4.79 Å². The van der Waals surface area contributed by atoms with Crippen LogP contribution in [0, 0.1) is 6.92 Å². The lowest BCUT2D eigenvalue weighted by atomic mass is 10.1. The van der Waals surface area contributed by atoms with Gasteiger partial charge in [0, 0.05) is 6.54 Å². The Balaban J connectivity index is 1.45. The van der Waals surface area contributed by atoms with E-state index >= 15 is 0 Å². The van der Waals surface area contributed by atoms with Crippen molar-refractivity contribution in [1.82, 2.24) is 10.6 Å². The summed E-state index contributed by atoms with van der Waals surface area (Å²) in [4.78, 5) is 11.9. The molecule has 2 amide bonds. The van der Waals surface area contributed by atoms with Crippen LogP contribution >= 0.6 is 0 Å². The summed E-state index contributed by atoms with van der Waals surface area (Å²) in [6.07, 6.45) is 0.721. The first-order valence-corrected chi connectivity index (χ1v) is 8.11. The van der Waals surface area contributed by atoms with Crippen LogP contribution in [0.4, 0.5) is 4.79 Å². The fourth-order valence-corrected chi connectivity index (χ4v) is 2.57. The molecule has 1 aromatic carbocycles. The van der Waals surface area contributed by atoms with Gasteiger partial charge in [0.15, 0.2) is 11.5 Å². The van der Waals surface area contributed by atoms with E-state index in [2.05, 4.69) is 10.6 Å². The standard InChI is InChI=1S/C18H22N2O4/c1-12-3-5-15(24-12)13(2)20-18(21)19-8-7-14-4-6-16-17(11-14)23-10-9-22-16/h3-6,11,13H,7-10H2,1-2H3,(H2,19,20,21)/t13-/m1/s1. The Morgan fingerprint density at radius 3 is 2.71 bits per heavy atom. The van der Waals surface area contributed by atoms with Crippen LogP contribution in [0.2, 0.25) is 0 Å². The van der Waals surface area contributed by atoms with Crippen LogP contribution in [-0.4, -0.2) is 25.8 Å². The highest BCUT2D eigenvalue weighted by molar-refractivity contribution is 5.74. The second-order valence-electron chi connectivity index (χ2n) is 5.80. The van der Waals surface area contributed by atoms with Crippen LogP contribution < -0.4 is 20.1 Å². The molecule has 1 aliphatic heterocycles. The third-order valence-electron chi connectivity index (χ3n) is 3.84. The quantitative estimate of drug-likeness (QED) is 0.884. The van der Waals surface area contributed by atoms with E-state index in [1.54, 1.807) is 0 Å². The Morgan fingerprint density at radius 2 is 1.96 bits per heavy atom. The molecule has 2 aromatic rings. The van der Waals surface area contributed by atoms with Crippen LogP contribution in [0.1, 0.15) is 30.0 Å². The molecule has 3 rings (SSSR count). The third kappa shape index (κ3) is 4.01. The molecule has 6 nitrogen and oxygen atoms in total. The van der Waals surface area contributed by atoms with Crippen molar-refractivity contribution in [3.63, 3.8) is 0 Å². The highest BCUT2D eigenvalue weighted by Crippen LogP contribution is 2.30. The maximum absolute atomic E-state index is 11.9. The number of ether oxygens (including phenoxy) is 2. The fourth-order valence-electron chi connectivity index (χ4n) is 2.57. The van der Waals surface area contributed by atoms with Gasteiger partial charge in [0.25, 0.3) is 0 Å². The average molecular weight is 330 g/mol. The van der Waals surface area contributed by atoms with Gasteiger partial charge in [-0.15, -0.1) is 0 Å². The molecule has 0 aliphatic carbocycles. The van der Waals surface area contributed by atoms with Crippen LogP contribution in [0.5, 0.6) is 11.5 Å². The molecule has 1 atom stereocenters. The largest absolute Gasteiger partial charge is 0.486 e. The van der Waals surface area contributed by atoms with Crippen LogP contribution in [0.25, 0.3) is 0 Å². The highest BCUT2D eigenvalue weighted by Gasteiger charge is 2.13. The normalized spacial score (nSPS) is 14.1. The summed E-state index contributed by atoms with van der Waals surface area (Å²) in [5, 5.41) is 5.71. The van der Waals surface area contributed by atoms with Gasteiger partial charge >= 0.3 is 6.03 Å². The second kappa shape index (κ2) is 7.29. The monoisotopic (exact) mass is 330 g/mol. The number of carbonyl (C=O) groups is 1. The lowest BCUT2D eigenvalue weighted by Crippen LogP contribution is -2.37. The third-order valence-corrected chi connectivity index (χ3v) is 3.84. The van der Waals surface area contributed by atoms with Crippen molar-refractivity contribution in [3.05, 3.63) is 47.4 Å². The van der Waals surface area contributed by atoms with Crippen molar-refractivity contribution >= 4 is 6.03 Å². The lowest BCUT2D eigenvalue weighted by Gasteiger charge is -2.19. The van der Waals surface area contributed by atoms with Gasteiger partial charge in [0.1, 0.15) is 24.7 Å². The number of aryl methyl sites for hydroxylation is 1. The molecular weight excluding hydrogens is 308 g/mol. The molecule has 128 valence electrons. The lowest BCUT2D eigenvalue weighted by molar-refractivity contribution is 0.171. The molecule has 0 radical (unpaired) electrons. The molecule has 0 bridgehead atoms. The Hall–Kier alpha value is -2.63. The summed E-state index contributed by atoms with van der Waals surface area (Å²) in [5.41, 5.74) is 1.09. The smallest absolute Gasteiger partial charge is 0.315 e. The number of fused-ring (bicyclic) bond motifs is 1. The zero-order valence-corrected chi connectivity index (χ0v) is 13.9. The topological polar surface area (TPSA) is 72.7 Å². The fraction of sp³-hybridized carbons (Fsp3) is 0.389. The van der Waals surface area contributed by atoms with Crippen molar-refractivity contribution in [1.29, 1.82) is 0 Å². The van der Waals surface area contributed by atoms with Crippen LogP contribution in [0.15, 0.2) is 34.7 Å². The molecule has 0 fully saturated rings. The van der Waals surface area contributed by atoms with Crippen molar-refractivity contribution < 1.29 is 18.7 Å². The van der Waals surface area contributed by atoms with Crippen LogP contribution in [0.3, 0.4) is 0 Å². The van der Waals surface area contributed by atoms with Gasteiger partial charge in [-0.25, -0.2) is 4.79 Å². The van der Waals surface area contributed by atoms with Crippen molar-refractivity contribution in [2.24, 2.45) is 0 Å². The molecule has 0 unspecified atom stereocenters. The molecule has 0 spiro atoms. The molecule has 0 saturated heterocycles. The van der Waals surface area contributed by atoms with Gasteiger partial charge in [0.05, 0.1) is 6.04 Å². The first-order chi connectivity index (χ1) is 11.6. The minimum absolute atomic E-state index is 0.173. The molecule has 6 heteroatoms. The van der Waals surface area contributed by atoms with Gasteiger partial charge in [-0.1, -0.05) is 6.07 Å². The van der Waals surface area contributed by atoms with E-state index in [-0.39, 0.29) is 12.1 Å². The van der Waals surface area contributed by atoms with E-state index < -0.39 is 0 Å². The number of urea groups is 1. The molecular formula is C18H22N2O4.